The lowest BCUT2D eigenvalue weighted by Crippen LogP contribution is -2.32. The summed E-state index contributed by atoms with van der Waals surface area (Å²) in [6.45, 7) is 13.3. The van der Waals surface area contributed by atoms with Crippen molar-refractivity contribution in [3.05, 3.63) is 59.3 Å². The van der Waals surface area contributed by atoms with Crippen LogP contribution in [0.2, 0.25) is 0 Å². The molecule has 0 aliphatic heterocycles. The van der Waals surface area contributed by atoms with E-state index in [1.165, 1.54) is 12.1 Å². The minimum atomic E-state index is -5.88. The van der Waals surface area contributed by atoms with E-state index in [-0.39, 0.29) is 12.0 Å². The van der Waals surface area contributed by atoms with Crippen molar-refractivity contribution in [3.63, 3.8) is 0 Å². The fourth-order valence-corrected chi connectivity index (χ4v) is 4.37. The summed E-state index contributed by atoms with van der Waals surface area (Å²) in [5.74, 6) is -0.510. The van der Waals surface area contributed by atoms with E-state index in [0.717, 1.165) is 11.6 Å². The van der Waals surface area contributed by atoms with Gasteiger partial charge in [0.05, 0.1) is 5.52 Å². The summed E-state index contributed by atoms with van der Waals surface area (Å²) in [5, 5.41) is 3.13. The lowest BCUT2D eigenvalue weighted by Gasteiger charge is -2.24. The van der Waals surface area contributed by atoms with Gasteiger partial charge < -0.3 is 14.2 Å². The van der Waals surface area contributed by atoms with Crippen LogP contribution in [0.25, 0.3) is 22.0 Å². The Labute approximate surface area is 226 Å². The number of hydrogen-bond donors (Lipinski definition) is 1. The topological polar surface area (TPSA) is 94.6 Å². The zero-order valence-corrected chi connectivity index (χ0v) is 23.8. The molecule has 11 heteroatoms. The number of ether oxygens (including phenoxy) is 1. The molecule has 0 saturated heterocycles. The quantitative estimate of drug-likeness (QED) is 0.254. The Kier molecular flexibility index (Phi) is 8.27. The number of rotatable bonds is 6. The second kappa shape index (κ2) is 10.7. The SMILES string of the molecule is Cc1ccc(-c2c(CNC(=O)OC(C)(C)C)c(CC(C)(C)C)nc3ccc(OS(=O)(=O)C(F)(F)F)cc23)cc1. The third-order valence-electron chi connectivity index (χ3n) is 5.48. The predicted molar refractivity (Wildman–Crippen MR) is 144 cm³/mol. The molecule has 0 saturated carbocycles. The molecule has 2 aromatic carbocycles. The number of aryl methyl sites for hydroxylation is 1. The summed E-state index contributed by atoms with van der Waals surface area (Å²) in [6.07, 6.45) is -0.124. The van der Waals surface area contributed by atoms with Crippen molar-refractivity contribution < 1.29 is 35.3 Å². The highest BCUT2D eigenvalue weighted by atomic mass is 32.2. The average Bonchev–Trinajstić information content (AvgIpc) is 2.75. The molecule has 0 unspecified atom stereocenters. The van der Waals surface area contributed by atoms with E-state index in [1.807, 2.05) is 52.0 Å². The van der Waals surface area contributed by atoms with Gasteiger partial charge in [-0.05, 0) is 68.9 Å². The van der Waals surface area contributed by atoms with Gasteiger partial charge in [-0.3, -0.25) is 4.98 Å². The Morgan fingerprint density at radius 1 is 0.974 bits per heavy atom. The first-order chi connectivity index (χ1) is 17.8. The number of alkyl carbamates (subject to hydrolysis) is 1. The number of pyridine rings is 1. The minimum absolute atomic E-state index is 0.0123. The molecule has 7 nitrogen and oxygen atoms in total. The smallest absolute Gasteiger partial charge is 0.444 e. The second-order valence-corrected chi connectivity index (χ2v) is 13.1. The Balaban J connectivity index is 2.28. The second-order valence-electron chi connectivity index (χ2n) is 11.5. The molecule has 1 N–H and O–H groups in total. The maximum atomic E-state index is 13.0. The molecule has 0 aliphatic carbocycles. The van der Waals surface area contributed by atoms with Crippen LogP contribution in [0.15, 0.2) is 42.5 Å². The number of halogens is 3. The first-order valence-corrected chi connectivity index (χ1v) is 13.7. The van der Waals surface area contributed by atoms with Crippen LogP contribution >= 0.6 is 0 Å². The number of fused-ring (bicyclic) bond motifs is 1. The van der Waals surface area contributed by atoms with E-state index in [9.17, 15) is 26.4 Å². The molecule has 3 rings (SSSR count). The molecule has 212 valence electrons. The molecular weight excluding hydrogens is 533 g/mol. The van der Waals surface area contributed by atoms with Crippen LogP contribution in [0, 0.1) is 12.3 Å². The van der Waals surface area contributed by atoms with Crippen molar-refractivity contribution in [1.82, 2.24) is 10.3 Å². The largest absolute Gasteiger partial charge is 0.534 e. The first kappa shape index (κ1) is 30.2. The van der Waals surface area contributed by atoms with Gasteiger partial charge in [0.25, 0.3) is 0 Å². The van der Waals surface area contributed by atoms with Crippen molar-refractivity contribution in [3.8, 4) is 16.9 Å². The normalized spacial score (nSPS) is 12.9. The average molecular weight is 567 g/mol. The first-order valence-electron chi connectivity index (χ1n) is 12.3. The number of carbonyl (C=O) groups excluding carboxylic acids is 1. The van der Waals surface area contributed by atoms with E-state index in [4.69, 9.17) is 9.72 Å². The molecule has 1 amide bonds. The fraction of sp³-hybridized carbons (Fsp3) is 0.429. The van der Waals surface area contributed by atoms with Crippen LogP contribution in [0.1, 0.15) is 58.4 Å². The Morgan fingerprint density at radius 3 is 2.13 bits per heavy atom. The van der Waals surface area contributed by atoms with E-state index >= 15 is 0 Å². The van der Waals surface area contributed by atoms with Gasteiger partial charge in [-0.15, -0.1) is 0 Å². The molecule has 3 aromatic rings. The summed E-state index contributed by atoms with van der Waals surface area (Å²) in [7, 11) is -5.88. The predicted octanol–water partition coefficient (Wildman–Crippen LogP) is 7.05. The van der Waals surface area contributed by atoms with E-state index in [1.54, 1.807) is 20.8 Å². The van der Waals surface area contributed by atoms with Crippen LogP contribution in [0.5, 0.6) is 5.75 Å². The summed E-state index contributed by atoms with van der Waals surface area (Å²) < 4.78 is 72.2. The molecular formula is C28H33F3N2O5S. The molecule has 1 aromatic heterocycles. The number of aromatic nitrogens is 1. The maximum absolute atomic E-state index is 13.0. The summed E-state index contributed by atoms with van der Waals surface area (Å²) in [5.41, 5.74) is -2.49. The molecule has 0 fully saturated rings. The molecule has 0 spiro atoms. The van der Waals surface area contributed by atoms with Gasteiger partial charge in [-0.2, -0.15) is 21.6 Å². The molecule has 0 aliphatic rings. The monoisotopic (exact) mass is 566 g/mol. The molecule has 0 atom stereocenters. The zero-order chi connectivity index (χ0) is 29.4. The summed E-state index contributed by atoms with van der Waals surface area (Å²) in [6, 6.07) is 11.2. The third-order valence-corrected chi connectivity index (χ3v) is 6.46. The number of carbonyl (C=O) groups is 1. The van der Waals surface area contributed by atoms with Crippen LogP contribution < -0.4 is 9.50 Å². The van der Waals surface area contributed by atoms with Gasteiger partial charge in [0, 0.05) is 23.2 Å². The molecule has 0 bridgehead atoms. The number of amides is 1. The third kappa shape index (κ3) is 7.84. The minimum Gasteiger partial charge on any atom is -0.444 e. The van der Waals surface area contributed by atoms with Gasteiger partial charge in [0.2, 0.25) is 0 Å². The van der Waals surface area contributed by atoms with Crippen molar-refractivity contribution in [2.75, 3.05) is 0 Å². The highest BCUT2D eigenvalue weighted by molar-refractivity contribution is 7.88. The van der Waals surface area contributed by atoms with Crippen molar-refractivity contribution in [2.24, 2.45) is 5.41 Å². The van der Waals surface area contributed by atoms with E-state index < -0.39 is 33.1 Å². The highest BCUT2D eigenvalue weighted by Crippen LogP contribution is 2.38. The Hall–Kier alpha value is -3.34. The zero-order valence-electron chi connectivity index (χ0n) is 23.0. The number of nitrogens with zero attached hydrogens (tertiary/aromatic N) is 1. The Bertz CT molecular complexity index is 1470. The van der Waals surface area contributed by atoms with Gasteiger partial charge in [-0.1, -0.05) is 50.6 Å². The van der Waals surface area contributed by atoms with E-state index in [2.05, 4.69) is 9.50 Å². The summed E-state index contributed by atoms with van der Waals surface area (Å²) in [4.78, 5) is 17.3. The molecule has 0 radical (unpaired) electrons. The van der Waals surface area contributed by atoms with Crippen molar-refractivity contribution in [1.29, 1.82) is 0 Å². The van der Waals surface area contributed by atoms with Crippen molar-refractivity contribution in [2.45, 2.75) is 72.5 Å². The van der Waals surface area contributed by atoms with Crippen LogP contribution in [-0.2, 0) is 27.8 Å². The van der Waals surface area contributed by atoms with Gasteiger partial charge in [0.15, 0.2) is 0 Å². The fourth-order valence-electron chi connectivity index (χ4n) is 3.92. The van der Waals surface area contributed by atoms with Gasteiger partial charge in [0.1, 0.15) is 11.4 Å². The maximum Gasteiger partial charge on any atom is 0.534 e. The van der Waals surface area contributed by atoms with E-state index in [0.29, 0.717) is 39.7 Å². The number of hydrogen-bond acceptors (Lipinski definition) is 6. The number of benzene rings is 2. The molecule has 39 heavy (non-hydrogen) atoms. The highest BCUT2D eigenvalue weighted by Gasteiger charge is 2.48. The number of nitrogens with one attached hydrogen (secondary N) is 1. The lowest BCUT2D eigenvalue weighted by molar-refractivity contribution is -0.0500. The van der Waals surface area contributed by atoms with Gasteiger partial charge >= 0.3 is 21.7 Å². The van der Waals surface area contributed by atoms with Gasteiger partial charge in [-0.25, -0.2) is 4.79 Å². The Morgan fingerprint density at radius 2 is 1.59 bits per heavy atom. The van der Waals surface area contributed by atoms with Crippen LogP contribution in [0.3, 0.4) is 0 Å². The molecule has 1 heterocycles. The lowest BCUT2D eigenvalue weighted by atomic mass is 9.85. The standard InChI is InChI=1S/C28H33F3N2O5S/c1-17-8-10-18(11-9-17)24-20-14-19(38-39(35,36)28(29,30)31)12-13-22(20)33-23(15-26(2,3)4)21(24)16-32-25(34)37-27(5,6)7/h8-14H,15-16H2,1-7H3,(H,32,34). The van der Waals surface area contributed by atoms with Crippen LogP contribution in [-0.4, -0.2) is 30.6 Å². The van der Waals surface area contributed by atoms with Crippen LogP contribution in [0.4, 0.5) is 18.0 Å². The summed E-state index contributed by atoms with van der Waals surface area (Å²) >= 11 is 0. The number of alkyl halides is 3. The van der Waals surface area contributed by atoms with Crippen molar-refractivity contribution >= 4 is 27.1 Å².